The Morgan fingerprint density at radius 3 is 2.22 bits per heavy atom. The molecule has 0 aliphatic rings. The fourth-order valence-electron chi connectivity index (χ4n) is 1.15. The third-order valence-corrected chi connectivity index (χ3v) is 2.04. The predicted octanol–water partition coefficient (Wildman–Crippen LogP) is 3.00. The first kappa shape index (κ1) is 14.5. The highest BCUT2D eigenvalue weighted by molar-refractivity contribution is 5.43. The minimum Gasteiger partial charge on any atom is -0.369 e. The van der Waals surface area contributed by atoms with Crippen LogP contribution in [0, 0.1) is 5.41 Å². The zero-order valence-corrected chi connectivity index (χ0v) is 10.8. The Balaban J connectivity index is 2.98. The summed E-state index contributed by atoms with van der Waals surface area (Å²) in [4.78, 5) is 7.32. The van der Waals surface area contributed by atoms with Gasteiger partial charge in [-0.15, -0.1) is 0 Å². The second-order valence-corrected chi connectivity index (χ2v) is 5.12. The zero-order valence-electron chi connectivity index (χ0n) is 10.8. The van der Waals surface area contributed by atoms with Crippen molar-refractivity contribution in [3.8, 4) is 0 Å². The SMILES string of the molecule is CNc1nc(NCC(C)(C)C)cc(C(F)(F)F)n1. The van der Waals surface area contributed by atoms with E-state index in [0.717, 1.165) is 6.07 Å². The van der Waals surface area contributed by atoms with Crippen molar-refractivity contribution in [3.05, 3.63) is 11.8 Å². The number of halogens is 3. The lowest BCUT2D eigenvalue weighted by Gasteiger charge is -2.19. The second kappa shape index (κ2) is 4.99. The maximum Gasteiger partial charge on any atom is 0.433 e. The largest absolute Gasteiger partial charge is 0.433 e. The lowest BCUT2D eigenvalue weighted by Crippen LogP contribution is -2.20. The molecule has 2 N–H and O–H groups in total. The molecule has 0 saturated carbocycles. The maximum atomic E-state index is 12.6. The number of hydrogen-bond acceptors (Lipinski definition) is 4. The third-order valence-electron chi connectivity index (χ3n) is 2.04. The Kier molecular flexibility index (Phi) is 4.03. The molecular formula is C11H17F3N4. The summed E-state index contributed by atoms with van der Waals surface area (Å²) in [6, 6.07) is 0.909. The van der Waals surface area contributed by atoms with E-state index in [1.807, 2.05) is 20.8 Å². The number of aromatic nitrogens is 2. The molecule has 0 atom stereocenters. The molecule has 102 valence electrons. The Morgan fingerprint density at radius 1 is 1.17 bits per heavy atom. The summed E-state index contributed by atoms with van der Waals surface area (Å²) < 4.78 is 37.8. The maximum absolute atomic E-state index is 12.6. The highest BCUT2D eigenvalue weighted by Crippen LogP contribution is 2.29. The van der Waals surface area contributed by atoms with Gasteiger partial charge in [-0.25, -0.2) is 4.98 Å². The van der Waals surface area contributed by atoms with E-state index in [1.165, 1.54) is 7.05 Å². The van der Waals surface area contributed by atoms with Crippen LogP contribution in [0.1, 0.15) is 26.5 Å². The molecule has 0 fully saturated rings. The average Bonchev–Trinajstić information content (AvgIpc) is 2.24. The first-order valence-electron chi connectivity index (χ1n) is 5.50. The van der Waals surface area contributed by atoms with Gasteiger partial charge in [0, 0.05) is 19.7 Å². The van der Waals surface area contributed by atoms with Gasteiger partial charge in [0.05, 0.1) is 0 Å². The Morgan fingerprint density at radius 2 is 1.78 bits per heavy atom. The predicted molar refractivity (Wildman–Crippen MR) is 64.5 cm³/mol. The molecule has 0 bridgehead atoms. The Labute approximate surface area is 104 Å². The van der Waals surface area contributed by atoms with E-state index in [4.69, 9.17) is 0 Å². The summed E-state index contributed by atoms with van der Waals surface area (Å²) in [5.74, 6) is 0.109. The van der Waals surface area contributed by atoms with E-state index in [1.54, 1.807) is 0 Å². The molecule has 0 saturated heterocycles. The van der Waals surface area contributed by atoms with E-state index in [9.17, 15) is 13.2 Å². The molecule has 4 nitrogen and oxygen atoms in total. The number of nitrogens with one attached hydrogen (secondary N) is 2. The van der Waals surface area contributed by atoms with E-state index in [-0.39, 0.29) is 17.2 Å². The molecule has 0 spiro atoms. The number of rotatable bonds is 3. The fourth-order valence-corrected chi connectivity index (χ4v) is 1.15. The molecule has 1 rings (SSSR count). The summed E-state index contributed by atoms with van der Waals surface area (Å²) in [5.41, 5.74) is -1.01. The second-order valence-electron chi connectivity index (χ2n) is 5.12. The zero-order chi connectivity index (χ0) is 14.0. The average molecular weight is 262 g/mol. The van der Waals surface area contributed by atoms with Gasteiger partial charge in [-0.3, -0.25) is 0 Å². The van der Waals surface area contributed by atoms with Crippen LogP contribution < -0.4 is 10.6 Å². The Hall–Kier alpha value is -1.53. The summed E-state index contributed by atoms with van der Waals surface area (Å²) in [5, 5.41) is 5.40. The first-order valence-corrected chi connectivity index (χ1v) is 5.50. The molecule has 0 unspecified atom stereocenters. The van der Waals surface area contributed by atoms with Gasteiger partial charge in [-0.1, -0.05) is 20.8 Å². The van der Waals surface area contributed by atoms with Crippen molar-refractivity contribution in [3.63, 3.8) is 0 Å². The number of alkyl halides is 3. The topological polar surface area (TPSA) is 49.8 Å². The van der Waals surface area contributed by atoms with Crippen LogP contribution in [0.4, 0.5) is 24.9 Å². The van der Waals surface area contributed by atoms with Crippen LogP contribution in [0.2, 0.25) is 0 Å². The van der Waals surface area contributed by atoms with Gasteiger partial charge < -0.3 is 10.6 Å². The summed E-state index contributed by atoms with van der Waals surface area (Å²) in [6.45, 7) is 6.45. The highest BCUT2D eigenvalue weighted by Gasteiger charge is 2.33. The van der Waals surface area contributed by atoms with Crippen molar-refractivity contribution in [1.82, 2.24) is 9.97 Å². The Bertz CT molecular complexity index is 410. The highest BCUT2D eigenvalue weighted by atomic mass is 19.4. The van der Waals surface area contributed by atoms with Gasteiger partial charge in [0.15, 0.2) is 5.69 Å². The van der Waals surface area contributed by atoms with Gasteiger partial charge in [0.1, 0.15) is 5.82 Å². The molecule has 7 heteroatoms. The van der Waals surface area contributed by atoms with Crippen LogP contribution in [-0.4, -0.2) is 23.6 Å². The monoisotopic (exact) mass is 262 g/mol. The van der Waals surface area contributed by atoms with E-state index >= 15 is 0 Å². The van der Waals surface area contributed by atoms with E-state index < -0.39 is 11.9 Å². The molecule has 1 heterocycles. The minimum atomic E-state index is -4.48. The quantitative estimate of drug-likeness (QED) is 0.879. The molecule has 18 heavy (non-hydrogen) atoms. The van der Waals surface area contributed by atoms with E-state index in [0.29, 0.717) is 6.54 Å². The van der Waals surface area contributed by atoms with Gasteiger partial charge >= 0.3 is 6.18 Å². The van der Waals surface area contributed by atoms with Gasteiger partial charge in [-0.2, -0.15) is 18.2 Å². The van der Waals surface area contributed by atoms with Crippen molar-refractivity contribution in [1.29, 1.82) is 0 Å². The molecule has 0 radical (unpaired) electrons. The fraction of sp³-hybridized carbons (Fsp3) is 0.636. The summed E-state index contributed by atoms with van der Waals surface area (Å²) >= 11 is 0. The van der Waals surface area contributed by atoms with Crippen LogP contribution in [0.3, 0.4) is 0 Å². The molecule has 0 aliphatic carbocycles. The van der Waals surface area contributed by atoms with Crippen molar-refractivity contribution in [2.45, 2.75) is 26.9 Å². The standard InChI is InChI=1S/C11H17F3N4/c1-10(2,3)6-16-8-5-7(11(12,13)14)17-9(15-4)18-8/h5H,6H2,1-4H3,(H2,15,16,17,18). The van der Waals surface area contributed by atoms with E-state index in [2.05, 4.69) is 20.6 Å². The lowest BCUT2D eigenvalue weighted by molar-refractivity contribution is -0.141. The first-order chi connectivity index (χ1) is 8.12. The van der Waals surface area contributed by atoms with Crippen LogP contribution >= 0.6 is 0 Å². The molecule has 1 aromatic heterocycles. The number of hydrogen-bond donors (Lipinski definition) is 2. The molecular weight excluding hydrogens is 245 g/mol. The lowest BCUT2D eigenvalue weighted by atomic mass is 9.97. The van der Waals surface area contributed by atoms with Crippen molar-refractivity contribution in [2.75, 3.05) is 24.2 Å². The van der Waals surface area contributed by atoms with Crippen LogP contribution in [-0.2, 0) is 6.18 Å². The van der Waals surface area contributed by atoms with Crippen LogP contribution in [0.15, 0.2) is 6.07 Å². The van der Waals surface area contributed by atoms with Gasteiger partial charge in [0.2, 0.25) is 5.95 Å². The number of nitrogens with zero attached hydrogens (tertiary/aromatic N) is 2. The normalized spacial score (nSPS) is 12.4. The van der Waals surface area contributed by atoms with Crippen LogP contribution in [0.25, 0.3) is 0 Å². The minimum absolute atomic E-state index is 0.0524. The van der Waals surface area contributed by atoms with Crippen molar-refractivity contribution < 1.29 is 13.2 Å². The molecule has 0 amide bonds. The van der Waals surface area contributed by atoms with Gasteiger partial charge in [0.25, 0.3) is 0 Å². The van der Waals surface area contributed by atoms with Crippen molar-refractivity contribution >= 4 is 11.8 Å². The smallest absolute Gasteiger partial charge is 0.369 e. The molecule has 0 aliphatic heterocycles. The van der Waals surface area contributed by atoms with Crippen molar-refractivity contribution in [2.24, 2.45) is 5.41 Å². The third kappa shape index (κ3) is 4.38. The number of anilines is 2. The summed E-state index contributed by atoms with van der Waals surface area (Å²) in [7, 11) is 1.48. The molecule has 0 aromatic carbocycles. The summed E-state index contributed by atoms with van der Waals surface area (Å²) in [6.07, 6.45) is -4.48. The van der Waals surface area contributed by atoms with Crippen LogP contribution in [0.5, 0.6) is 0 Å². The van der Waals surface area contributed by atoms with Gasteiger partial charge in [-0.05, 0) is 5.41 Å². The molecule has 1 aromatic rings.